The quantitative estimate of drug-likeness (QED) is 0.618. The molecule has 1 saturated heterocycles. The fourth-order valence-electron chi connectivity index (χ4n) is 5.15. The molecule has 33 heavy (non-hydrogen) atoms. The Hall–Kier alpha value is -2.24. The standard InChI is InChI=1S/C22H29FN4O5S/c23-14-11-18-19(24-12-14)26(17-7-9-33(31,32)10-8-17)22(30)27(21(18)29)16-5-3-15(4-6-16)25-20(28)13-1-2-13/h11-13,15-17,31-32H,1-10H2,(H,25,28). The first-order chi connectivity index (χ1) is 15.7. The van der Waals surface area contributed by atoms with Gasteiger partial charge < -0.3 is 5.32 Å². The summed E-state index contributed by atoms with van der Waals surface area (Å²) in [6, 6.07) is 0.464. The van der Waals surface area contributed by atoms with Crippen molar-refractivity contribution < 1.29 is 18.3 Å². The normalized spacial score (nSPS) is 26.8. The van der Waals surface area contributed by atoms with Crippen molar-refractivity contribution in [3.63, 3.8) is 0 Å². The van der Waals surface area contributed by atoms with Gasteiger partial charge in [-0.3, -0.25) is 27.8 Å². The number of aromatic nitrogens is 3. The van der Waals surface area contributed by atoms with Gasteiger partial charge in [0.25, 0.3) is 5.56 Å². The zero-order valence-corrected chi connectivity index (χ0v) is 19.1. The first-order valence-corrected chi connectivity index (χ1v) is 13.5. The van der Waals surface area contributed by atoms with Gasteiger partial charge in [-0.1, -0.05) is 0 Å². The van der Waals surface area contributed by atoms with Crippen molar-refractivity contribution in [2.75, 3.05) is 11.5 Å². The first-order valence-electron chi connectivity index (χ1n) is 11.6. The van der Waals surface area contributed by atoms with Crippen molar-refractivity contribution in [1.82, 2.24) is 19.4 Å². The minimum absolute atomic E-state index is 0.0374. The van der Waals surface area contributed by atoms with Crippen LogP contribution in [0, 0.1) is 11.7 Å². The molecule has 2 aliphatic carbocycles. The van der Waals surface area contributed by atoms with Crippen molar-refractivity contribution in [3.05, 3.63) is 38.9 Å². The molecule has 0 atom stereocenters. The molecule has 0 unspecified atom stereocenters. The highest BCUT2D eigenvalue weighted by Crippen LogP contribution is 2.47. The summed E-state index contributed by atoms with van der Waals surface area (Å²) in [5.41, 5.74) is -0.902. The Labute approximate surface area is 191 Å². The van der Waals surface area contributed by atoms with Gasteiger partial charge in [0.15, 0.2) is 0 Å². The molecule has 3 aliphatic rings. The maximum Gasteiger partial charge on any atom is 0.333 e. The minimum Gasteiger partial charge on any atom is -0.353 e. The van der Waals surface area contributed by atoms with Crippen molar-refractivity contribution in [2.24, 2.45) is 5.92 Å². The number of nitrogens with one attached hydrogen (secondary N) is 1. The number of amides is 1. The van der Waals surface area contributed by atoms with Gasteiger partial charge in [-0.05, 0) is 57.4 Å². The summed E-state index contributed by atoms with van der Waals surface area (Å²) in [6.07, 6.45) is 6.06. The average Bonchev–Trinajstić information content (AvgIpc) is 3.62. The zero-order chi connectivity index (χ0) is 23.3. The second-order valence-electron chi connectivity index (χ2n) is 9.58. The first kappa shape index (κ1) is 22.5. The van der Waals surface area contributed by atoms with E-state index < -0.39 is 27.7 Å². The lowest BCUT2D eigenvalue weighted by Gasteiger charge is -2.40. The topological polar surface area (TPSA) is 126 Å². The van der Waals surface area contributed by atoms with Gasteiger partial charge in [0.1, 0.15) is 11.5 Å². The van der Waals surface area contributed by atoms with Crippen molar-refractivity contribution >= 4 is 27.5 Å². The Kier molecular flexibility index (Phi) is 5.82. The van der Waals surface area contributed by atoms with E-state index in [4.69, 9.17) is 0 Å². The van der Waals surface area contributed by atoms with Crippen LogP contribution in [0.3, 0.4) is 0 Å². The maximum absolute atomic E-state index is 14.0. The van der Waals surface area contributed by atoms with Crippen LogP contribution in [-0.2, 0) is 4.79 Å². The van der Waals surface area contributed by atoms with Crippen LogP contribution in [0.1, 0.15) is 63.5 Å². The van der Waals surface area contributed by atoms with Crippen LogP contribution in [0.5, 0.6) is 0 Å². The highest BCUT2D eigenvalue weighted by Gasteiger charge is 2.34. The van der Waals surface area contributed by atoms with E-state index in [2.05, 4.69) is 10.3 Å². The van der Waals surface area contributed by atoms with E-state index in [0.29, 0.717) is 38.5 Å². The fourth-order valence-corrected chi connectivity index (χ4v) is 6.66. The van der Waals surface area contributed by atoms with E-state index >= 15 is 0 Å². The van der Waals surface area contributed by atoms with Gasteiger partial charge >= 0.3 is 5.69 Å². The molecule has 0 spiro atoms. The second kappa shape index (κ2) is 8.52. The van der Waals surface area contributed by atoms with Crippen molar-refractivity contribution in [1.29, 1.82) is 0 Å². The molecule has 0 aromatic carbocycles. The highest BCUT2D eigenvalue weighted by atomic mass is 32.3. The van der Waals surface area contributed by atoms with Crippen LogP contribution in [0.25, 0.3) is 11.0 Å². The fraction of sp³-hybridized carbons (Fsp3) is 0.636. The number of carbonyl (C=O) groups excluding carboxylic acids is 1. The number of fused-ring (bicyclic) bond motifs is 1. The molecule has 5 rings (SSSR count). The summed E-state index contributed by atoms with van der Waals surface area (Å²) in [5.74, 6) is -0.0707. The Balaban J connectivity index is 1.48. The van der Waals surface area contributed by atoms with Crippen molar-refractivity contribution in [3.8, 4) is 0 Å². The molecule has 0 radical (unpaired) electrons. The number of carbonyl (C=O) groups is 1. The highest BCUT2D eigenvalue weighted by molar-refractivity contribution is 8.24. The molecular formula is C22H29FN4O5S. The lowest BCUT2D eigenvalue weighted by Crippen LogP contribution is -2.47. The molecule has 1 aliphatic heterocycles. The van der Waals surface area contributed by atoms with Crippen LogP contribution < -0.4 is 16.6 Å². The van der Waals surface area contributed by atoms with Crippen LogP contribution in [0.2, 0.25) is 0 Å². The zero-order valence-electron chi connectivity index (χ0n) is 18.3. The lowest BCUT2D eigenvalue weighted by molar-refractivity contribution is -0.123. The summed E-state index contributed by atoms with van der Waals surface area (Å²) in [7, 11) is -2.65. The summed E-state index contributed by atoms with van der Waals surface area (Å²) in [5, 5.41) is 3.13. The molecule has 9 nitrogen and oxygen atoms in total. The predicted molar refractivity (Wildman–Crippen MR) is 123 cm³/mol. The van der Waals surface area contributed by atoms with Gasteiger partial charge in [0, 0.05) is 35.5 Å². The van der Waals surface area contributed by atoms with E-state index in [0.717, 1.165) is 25.1 Å². The molecular weight excluding hydrogens is 451 g/mol. The number of halogens is 1. The number of pyridine rings is 1. The van der Waals surface area contributed by atoms with Gasteiger partial charge in [-0.15, -0.1) is 0 Å². The third-order valence-corrected chi connectivity index (χ3v) is 8.98. The van der Waals surface area contributed by atoms with E-state index in [1.54, 1.807) is 0 Å². The molecule has 2 aromatic heterocycles. The minimum atomic E-state index is -2.65. The van der Waals surface area contributed by atoms with E-state index in [9.17, 15) is 27.9 Å². The SMILES string of the molecule is O=C(NC1CCC(n2c(=O)c3cc(F)cnc3n(C3CCS(O)(O)CC3)c2=O)CC1)C1CC1. The Morgan fingerprint density at radius 2 is 1.64 bits per heavy atom. The smallest absolute Gasteiger partial charge is 0.333 e. The van der Waals surface area contributed by atoms with Gasteiger partial charge in [0.2, 0.25) is 5.91 Å². The number of hydrogen-bond acceptors (Lipinski definition) is 6. The summed E-state index contributed by atoms with van der Waals surface area (Å²) >= 11 is 0. The van der Waals surface area contributed by atoms with Gasteiger partial charge in [-0.25, -0.2) is 14.2 Å². The molecule has 1 amide bonds. The predicted octanol–water partition coefficient (Wildman–Crippen LogP) is 2.79. The third kappa shape index (κ3) is 4.45. The van der Waals surface area contributed by atoms with Crippen LogP contribution >= 0.6 is 10.6 Å². The van der Waals surface area contributed by atoms with E-state index in [1.807, 2.05) is 0 Å². The van der Waals surface area contributed by atoms with Gasteiger partial charge in [-0.2, -0.15) is 10.6 Å². The van der Waals surface area contributed by atoms with Crippen LogP contribution in [0.15, 0.2) is 21.9 Å². The Bertz CT molecular complexity index is 1190. The lowest BCUT2D eigenvalue weighted by atomic mass is 9.90. The molecule has 3 N–H and O–H groups in total. The van der Waals surface area contributed by atoms with Crippen LogP contribution in [-0.4, -0.2) is 46.7 Å². The van der Waals surface area contributed by atoms with E-state index in [1.165, 1.54) is 9.13 Å². The summed E-state index contributed by atoms with van der Waals surface area (Å²) in [6.45, 7) is 0. The largest absolute Gasteiger partial charge is 0.353 e. The molecule has 2 aromatic rings. The summed E-state index contributed by atoms with van der Waals surface area (Å²) in [4.78, 5) is 43.1. The Morgan fingerprint density at radius 1 is 1.00 bits per heavy atom. The number of nitrogens with zero attached hydrogens (tertiary/aromatic N) is 3. The molecule has 0 bridgehead atoms. The van der Waals surface area contributed by atoms with E-state index in [-0.39, 0.29) is 52.5 Å². The Morgan fingerprint density at radius 3 is 2.27 bits per heavy atom. The molecule has 2 saturated carbocycles. The maximum atomic E-state index is 14.0. The van der Waals surface area contributed by atoms with Gasteiger partial charge in [0.05, 0.1) is 11.6 Å². The number of hydrogen-bond donors (Lipinski definition) is 3. The number of rotatable bonds is 4. The molecule has 11 heteroatoms. The molecule has 180 valence electrons. The third-order valence-electron chi connectivity index (χ3n) is 7.20. The van der Waals surface area contributed by atoms with Crippen molar-refractivity contribution in [2.45, 2.75) is 69.5 Å². The second-order valence-corrected chi connectivity index (χ2v) is 12.0. The summed E-state index contributed by atoms with van der Waals surface area (Å²) < 4.78 is 36.7. The van der Waals surface area contributed by atoms with Crippen LogP contribution in [0.4, 0.5) is 4.39 Å². The average molecular weight is 481 g/mol. The molecule has 3 fully saturated rings. The molecule has 3 heterocycles. The monoisotopic (exact) mass is 480 g/mol.